The minimum atomic E-state index is 0. The van der Waals surface area contributed by atoms with Crippen molar-refractivity contribution < 1.29 is 1.43 Å². The number of hydrogen-bond donors (Lipinski definition) is 0. The summed E-state index contributed by atoms with van der Waals surface area (Å²) in [4.78, 5) is 0. The molecule has 0 aliphatic rings. The van der Waals surface area contributed by atoms with E-state index in [0.29, 0.717) is 0 Å². The monoisotopic (exact) mass is 93.1 g/mol. The zero-order chi connectivity index (χ0) is 5.11. The van der Waals surface area contributed by atoms with Crippen LogP contribution in [0, 0.1) is 6.92 Å². The summed E-state index contributed by atoms with van der Waals surface area (Å²) < 4.78 is 0. The summed E-state index contributed by atoms with van der Waals surface area (Å²) in [5.41, 5.74) is 1.32. The summed E-state index contributed by atoms with van der Waals surface area (Å²) in [5.74, 6) is 0. The maximum absolute atomic E-state index is 2.08. The van der Waals surface area contributed by atoms with Crippen molar-refractivity contribution in [2.24, 2.45) is 0 Å². The van der Waals surface area contributed by atoms with Gasteiger partial charge in [-0.25, -0.2) is 0 Å². The minimum Gasteiger partial charge on any atom is -0.0622 e. The van der Waals surface area contributed by atoms with E-state index in [0.717, 1.165) is 0 Å². The van der Waals surface area contributed by atoms with Crippen molar-refractivity contribution >= 4 is 0 Å². The molecule has 0 aromatic heterocycles. The SMILES string of the molecule is Cc1ccccc1.[H+]. The molecule has 0 radical (unpaired) electrons. The highest BCUT2D eigenvalue weighted by molar-refractivity contribution is 5.11. The van der Waals surface area contributed by atoms with Crippen LogP contribution in [-0.2, 0) is 0 Å². The molecule has 0 aliphatic heterocycles. The minimum absolute atomic E-state index is 0. The van der Waals surface area contributed by atoms with Gasteiger partial charge in [0, 0.05) is 0 Å². The lowest BCUT2D eigenvalue weighted by molar-refractivity contribution is 1.48. The van der Waals surface area contributed by atoms with Crippen LogP contribution in [0.25, 0.3) is 0 Å². The molecule has 7 heavy (non-hydrogen) atoms. The van der Waals surface area contributed by atoms with Crippen LogP contribution in [0.3, 0.4) is 0 Å². The number of rotatable bonds is 0. The van der Waals surface area contributed by atoms with Crippen molar-refractivity contribution in [2.45, 2.75) is 6.92 Å². The van der Waals surface area contributed by atoms with Gasteiger partial charge in [-0.15, -0.1) is 0 Å². The normalized spacial score (nSPS) is 8.71. The Labute approximate surface area is 45.3 Å². The molecular formula is C7H9+. The smallest absolute Gasteiger partial charge is 0.0622 e. The zero-order valence-electron chi connectivity index (χ0n) is 5.39. The largest absolute Gasteiger partial charge is 1.00 e. The number of aryl methyl sites for hydroxylation is 1. The Morgan fingerprint density at radius 2 is 1.71 bits per heavy atom. The van der Waals surface area contributed by atoms with E-state index in [1.807, 2.05) is 18.2 Å². The lowest BCUT2D eigenvalue weighted by atomic mass is 10.2. The second-order valence-corrected chi connectivity index (χ2v) is 1.65. The van der Waals surface area contributed by atoms with Gasteiger partial charge in [0.15, 0.2) is 0 Å². The van der Waals surface area contributed by atoms with Crippen LogP contribution >= 0.6 is 0 Å². The molecule has 0 unspecified atom stereocenters. The first-order valence-corrected chi connectivity index (χ1v) is 2.41. The molecule has 0 fully saturated rings. The Morgan fingerprint density at radius 3 is 2.00 bits per heavy atom. The molecule has 0 heterocycles. The van der Waals surface area contributed by atoms with E-state index in [-0.39, 0.29) is 1.43 Å². The lowest BCUT2D eigenvalue weighted by Crippen LogP contribution is -1.62. The van der Waals surface area contributed by atoms with Crippen molar-refractivity contribution in [1.29, 1.82) is 0 Å². The third kappa shape index (κ3) is 1.04. The number of hydrogen-bond acceptors (Lipinski definition) is 0. The third-order valence-electron chi connectivity index (χ3n) is 0.940. The van der Waals surface area contributed by atoms with Crippen molar-refractivity contribution in [1.82, 2.24) is 0 Å². The van der Waals surface area contributed by atoms with Gasteiger partial charge in [-0.3, -0.25) is 0 Å². The Morgan fingerprint density at radius 1 is 1.14 bits per heavy atom. The standard InChI is InChI=1S/C7H8/c1-7-5-3-2-4-6-7/h2-6H,1H3/p+1. The van der Waals surface area contributed by atoms with E-state index >= 15 is 0 Å². The summed E-state index contributed by atoms with van der Waals surface area (Å²) in [6.45, 7) is 2.08. The molecule has 0 heteroatoms. The van der Waals surface area contributed by atoms with Gasteiger partial charge in [-0.2, -0.15) is 0 Å². The second kappa shape index (κ2) is 1.78. The van der Waals surface area contributed by atoms with E-state index < -0.39 is 0 Å². The third-order valence-corrected chi connectivity index (χ3v) is 0.940. The fourth-order valence-corrected chi connectivity index (χ4v) is 0.534. The molecule has 0 amide bonds. The topological polar surface area (TPSA) is 0 Å². The first kappa shape index (κ1) is 4.38. The number of benzene rings is 1. The maximum atomic E-state index is 2.08. The van der Waals surface area contributed by atoms with E-state index in [9.17, 15) is 0 Å². The molecule has 1 rings (SSSR count). The molecule has 0 bridgehead atoms. The molecule has 0 spiro atoms. The van der Waals surface area contributed by atoms with Gasteiger partial charge in [-0.05, 0) is 6.92 Å². The molecular weight excluding hydrogens is 84.1 g/mol. The van der Waals surface area contributed by atoms with Crippen molar-refractivity contribution in [3.8, 4) is 0 Å². The van der Waals surface area contributed by atoms with Crippen LogP contribution in [0.15, 0.2) is 30.3 Å². The quantitative estimate of drug-likeness (QED) is 0.461. The van der Waals surface area contributed by atoms with Gasteiger partial charge in [0.25, 0.3) is 0 Å². The fraction of sp³-hybridized carbons (Fsp3) is 0.143. The van der Waals surface area contributed by atoms with Crippen LogP contribution < -0.4 is 0 Å². The average Bonchev–Trinajstić information content (AvgIpc) is 1.69. The summed E-state index contributed by atoms with van der Waals surface area (Å²) in [6.07, 6.45) is 0. The molecule has 0 aliphatic carbocycles. The Hall–Kier alpha value is -0.780. The highest BCUT2D eigenvalue weighted by Crippen LogP contribution is 1.92. The molecule has 0 saturated heterocycles. The van der Waals surface area contributed by atoms with Crippen LogP contribution in [0.4, 0.5) is 0 Å². The molecule has 0 atom stereocenters. The predicted molar refractivity (Wildman–Crippen MR) is 32.3 cm³/mol. The van der Waals surface area contributed by atoms with Crippen LogP contribution in [0.2, 0.25) is 0 Å². The zero-order valence-corrected chi connectivity index (χ0v) is 4.39. The van der Waals surface area contributed by atoms with Gasteiger partial charge in [0.2, 0.25) is 0 Å². The summed E-state index contributed by atoms with van der Waals surface area (Å²) in [5, 5.41) is 0. The Balaban J connectivity index is 0.000000490. The molecule has 0 saturated carbocycles. The average molecular weight is 93.1 g/mol. The Kier molecular flexibility index (Phi) is 1.12. The Bertz CT molecular complexity index is 134. The molecule has 0 nitrogen and oxygen atoms in total. The highest BCUT2D eigenvalue weighted by atomic mass is 13.8. The van der Waals surface area contributed by atoms with Gasteiger partial charge < -0.3 is 0 Å². The van der Waals surface area contributed by atoms with Crippen molar-refractivity contribution in [2.75, 3.05) is 0 Å². The second-order valence-electron chi connectivity index (χ2n) is 1.65. The van der Waals surface area contributed by atoms with E-state index in [4.69, 9.17) is 0 Å². The maximum Gasteiger partial charge on any atom is 1.00 e. The molecule has 1 aromatic rings. The van der Waals surface area contributed by atoms with Gasteiger partial charge in [0.05, 0.1) is 0 Å². The summed E-state index contributed by atoms with van der Waals surface area (Å²) >= 11 is 0. The molecule has 36 valence electrons. The highest BCUT2D eigenvalue weighted by Gasteiger charge is 1.72. The summed E-state index contributed by atoms with van der Waals surface area (Å²) in [7, 11) is 0. The van der Waals surface area contributed by atoms with Crippen LogP contribution in [0.5, 0.6) is 0 Å². The van der Waals surface area contributed by atoms with Gasteiger partial charge >= 0.3 is 1.43 Å². The molecule has 1 aromatic carbocycles. The van der Waals surface area contributed by atoms with Crippen LogP contribution in [0.1, 0.15) is 6.99 Å². The van der Waals surface area contributed by atoms with Crippen molar-refractivity contribution in [3.05, 3.63) is 35.9 Å². The first-order valence-electron chi connectivity index (χ1n) is 2.41. The van der Waals surface area contributed by atoms with Crippen LogP contribution in [-0.4, -0.2) is 0 Å². The van der Waals surface area contributed by atoms with Gasteiger partial charge in [-0.1, -0.05) is 35.9 Å². The van der Waals surface area contributed by atoms with Gasteiger partial charge in [0.1, 0.15) is 0 Å². The van der Waals surface area contributed by atoms with E-state index in [1.54, 1.807) is 0 Å². The molecule has 0 N–H and O–H groups in total. The van der Waals surface area contributed by atoms with E-state index in [1.165, 1.54) is 5.56 Å². The first-order chi connectivity index (χ1) is 3.39. The lowest BCUT2D eigenvalue weighted by Gasteiger charge is -1.82. The van der Waals surface area contributed by atoms with Crippen molar-refractivity contribution in [3.63, 3.8) is 0 Å². The van der Waals surface area contributed by atoms with E-state index in [2.05, 4.69) is 19.1 Å². The fourth-order valence-electron chi connectivity index (χ4n) is 0.534. The summed E-state index contributed by atoms with van der Waals surface area (Å²) in [6, 6.07) is 10.3. The predicted octanol–water partition coefficient (Wildman–Crippen LogP) is 2.11.